The summed E-state index contributed by atoms with van der Waals surface area (Å²) >= 11 is 0. The molecule has 0 aliphatic carbocycles. The maximum Gasteiger partial charge on any atom is 0.311 e. The van der Waals surface area contributed by atoms with Crippen molar-refractivity contribution in [1.82, 2.24) is 4.90 Å². The molecule has 1 saturated heterocycles. The smallest absolute Gasteiger partial charge is 0.311 e. The first kappa shape index (κ1) is 14.2. The van der Waals surface area contributed by atoms with Crippen LogP contribution in [0.3, 0.4) is 0 Å². The number of hydrogen-bond acceptors (Lipinski definition) is 4. The zero-order chi connectivity index (χ0) is 14.9. The number of aliphatic carboxylic acids is 1. The van der Waals surface area contributed by atoms with Gasteiger partial charge in [0.1, 0.15) is 17.1 Å². The molecule has 6 nitrogen and oxygen atoms in total. The third-order valence-corrected chi connectivity index (χ3v) is 3.73. The standard InChI is InChI=1S/C14H17NO5/c1-14(13(19)20)6-3-7-15(8-14)12(18)11-9(16)4-2-5-10(11)17/h2,4-5,16-17H,3,6-8H2,1H3,(H,19,20). The third kappa shape index (κ3) is 2.41. The Morgan fingerprint density at radius 1 is 1.25 bits per heavy atom. The maximum atomic E-state index is 12.4. The van der Waals surface area contributed by atoms with Crippen LogP contribution >= 0.6 is 0 Å². The highest BCUT2D eigenvalue weighted by Gasteiger charge is 2.40. The summed E-state index contributed by atoms with van der Waals surface area (Å²) in [4.78, 5) is 25.0. The number of rotatable bonds is 2. The second-order valence-corrected chi connectivity index (χ2v) is 5.37. The lowest BCUT2D eigenvalue weighted by molar-refractivity contribution is -0.150. The molecule has 1 aromatic carbocycles. The zero-order valence-electron chi connectivity index (χ0n) is 11.2. The van der Waals surface area contributed by atoms with Crippen LogP contribution in [0.25, 0.3) is 0 Å². The predicted molar refractivity (Wildman–Crippen MR) is 70.7 cm³/mol. The number of likely N-dealkylation sites (tertiary alicyclic amines) is 1. The Morgan fingerprint density at radius 2 is 1.85 bits per heavy atom. The van der Waals surface area contributed by atoms with Crippen molar-refractivity contribution in [3.05, 3.63) is 23.8 Å². The van der Waals surface area contributed by atoms with Crippen molar-refractivity contribution >= 4 is 11.9 Å². The molecule has 1 aliphatic heterocycles. The van der Waals surface area contributed by atoms with Crippen molar-refractivity contribution in [2.24, 2.45) is 5.41 Å². The van der Waals surface area contributed by atoms with E-state index in [0.717, 1.165) is 0 Å². The largest absolute Gasteiger partial charge is 0.507 e. The maximum absolute atomic E-state index is 12.4. The lowest BCUT2D eigenvalue weighted by Crippen LogP contribution is -2.48. The molecule has 1 aliphatic rings. The van der Waals surface area contributed by atoms with E-state index >= 15 is 0 Å². The molecule has 1 fully saturated rings. The molecule has 0 radical (unpaired) electrons. The first-order valence-electron chi connectivity index (χ1n) is 6.39. The molecule has 2 rings (SSSR count). The molecule has 20 heavy (non-hydrogen) atoms. The van der Waals surface area contributed by atoms with E-state index in [1.165, 1.54) is 23.1 Å². The molecule has 1 aromatic rings. The number of carboxylic acids is 1. The van der Waals surface area contributed by atoms with Crippen LogP contribution < -0.4 is 0 Å². The Bertz CT molecular complexity index is 536. The number of amides is 1. The molecule has 0 saturated carbocycles. The van der Waals surface area contributed by atoms with Crippen LogP contribution in [0.4, 0.5) is 0 Å². The molecule has 3 N–H and O–H groups in total. The van der Waals surface area contributed by atoms with Gasteiger partial charge in [-0.05, 0) is 31.9 Å². The molecule has 1 atom stereocenters. The highest BCUT2D eigenvalue weighted by atomic mass is 16.4. The fourth-order valence-corrected chi connectivity index (χ4v) is 2.49. The van der Waals surface area contributed by atoms with Crippen LogP contribution in [0, 0.1) is 5.41 Å². The van der Waals surface area contributed by atoms with Crippen LogP contribution in [0.1, 0.15) is 30.1 Å². The minimum Gasteiger partial charge on any atom is -0.507 e. The van der Waals surface area contributed by atoms with E-state index in [1.807, 2.05) is 0 Å². The highest BCUT2D eigenvalue weighted by molar-refractivity contribution is 5.99. The molecular formula is C14H17NO5. The average Bonchev–Trinajstić information content (AvgIpc) is 2.38. The van der Waals surface area contributed by atoms with E-state index in [9.17, 15) is 24.9 Å². The Morgan fingerprint density at radius 3 is 2.40 bits per heavy atom. The number of benzene rings is 1. The Kier molecular flexibility index (Phi) is 3.57. The monoisotopic (exact) mass is 279 g/mol. The number of nitrogens with zero attached hydrogens (tertiary/aromatic N) is 1. The summed E-state index contributed by atoms with van der Waals surface area (Å²) in [5.74, 6) is -2.11. The van der Waals surface area contributed by atoms with E-state index < -0.39 is 17.3 Å². The fraction of sp³-hybridized carbons (Fsp3) is 0.429. The number of carboxylic acid groups (broad SMARTS) is 1. The van der Waals surface area contributed by atoms with E-state index in [1.54, 1.807) is 6.92 Å². The summed E-state index contributed by atoms with van der Waals surface area (Å²) in [5.41, 5.74) is -1.17. The van der Waals surface area contributed by atoms with Gasteiger partial charge in [-0.25, -0.2) is 0 Å². The summed E-state index contributed by atoms with van der Waals surface area (Å²) in [6, 6.07) is 4.06. The summed E-state index contributed by atoms with van der Waals surface area (Å²) in [7, 11) is 0. The average molecular weight is 279 g/mol. The number of phenolic OH excluding ortho intramolecular Hbond substituents is 2. The van der Waals surface area contributed by atoms with Gasteiger partial charge in [0, 0.05) is 13.1 Å². The van der Waals surface area contributed by atoms with E-state index in [-0.39, 0.29) is 23.6 Å². The van der Waals surface area contributed by atoms with Crippen LogP contribution in [-0.2, 0) is 4.79 Å². The highest BCUT2D eigenvalue weighted by Crippen LogP contribution is 2.33. The summed E-state index contributed by atoms with van der Waals surface area (Å²) in [6.45, 7) is 2.07. The molecule has 6 heteroatoms. The zero-order valence-corrected chi connectivity index (χ0v) is 11.2. The van der Waals surface area contributed by atoms with Gasteiger partial charge in [-0.3, -0.25) is 9.59 Å². The number of aromatic hydroxyl groups is 2. The summed E-state index contributed by atoms with van der Waals surface area (Å²) < 4.78 is 0. The topological polar surface area (TPSA) is 98.1 Å². The van der Waals surface area contributed by atoms with Crippen LogP contribution in [0.5, 0.6) is 11.5 Å². The van der Waals surface area contributed by atoms with Gasteiger partial charge < -0.3 is 20.2 Å². The van der Waals surface area contributed by atoms with Crippen molar-refractivity contribution in [2.45, 2.75) is 19.8 Å². The number of phenols is 2. The minimum absolute atomic E-state index is 0.0644. The lowest BCUT2D eigenvalue weighted by Gasteiger charge is -2.37. The molecule has 108 valence electrons. The summed E-state index contributed by atoms with van der Waals surface area (Å²) in [5, 5.41) is 28.7. The molecule has 0 aromatic heterocycles. The summed E-state index contributed by atoms with van der Waals surface area (Å²) in [6.07, 6.45) is 1.07. The van der Waals surface area contributed by atoms with Gasteiger partial charge in [-0.2, -0.15) is 0 Å². The number of piperidine rings is 1. The van der Waals surface area contributed by atoms with Crippen molar-refractivity contribution in [3.63, 3.8) is 0 Å². The molecule has 1 unspecified atom stereocenters. The Balaban J connectivity index is 2.28. The van der Waals surface area contributed by atoms with Gasteiger partial charge in [-0.1, -0.05) is 6.07 Å². The molecule has 1 amide bonds. The first-order chi connectivity index (χ1) is 9.35. The number of carbonyl (C=O) groups excluding carboxylic acids is 1. The van der Waals surface area contributed by atoms with Crippen molar-refractivity contribution < 1.29 is 24.9 Å². The van der Waals surface area contributed by atoms with Gasteiger partial charge in [0.2, 0.25) is 0 Å². The van der Waals surface area contributed by atoms with Crippen LogP contribution in [-0.4, -0.2) is 45.2 Å². The van der Waals surface area contributed by atoms with Crippen molar-refractivity contribution in [1.29, 1.82) is 0 Å². The van der Waals surface area contributed by atoms with Crippen molar-refractivity contribution in [2.75, 3.05) is 13.1 Å². The van der Waals surface area contributed by atoms with Gasteiger partial charge in [0.05, 0.1) is 5.41 Å². The quantitative estimate of drug-likeness (QED) is 0.760. The number of hydrogen-bond donors (Lipinski definition) is 3. The van der Waals surface area contributed by atoms with Crippen LogP contribution in [0.15, 0.2) is 18.2 Å². The SMILES string of the molecule is CC1(C(=O)O)CCCN(C(=O)c2c(O)cccc2O)C1. The lowest BCUT2D eigenvalue weighted by atomic mass is 9.82. The second kappa shape index (κ2) is 5.03. The Hall–Kier alpha value is -2.24. The Labute approximate surface area is 116 Å². The molecule has 0 spiro atoms. The van der Waals surface area contributed by atoms with E-state index in [2.05, 4.69) is 0 Å². The van der Waals surface area contributed by atoms with Gasteiger partial charge in [0.15, 0.2) is 0 Å². The number of carbonyl (C=O) groups is 2. The molecule has 0 bridgehead atoms. The third-order valence-electron chi connectivity index (χ3n) is 3.73. The van der Waals surface area contributed by atoms with Gasteiger partial charge in [-0.15, -0.1) is 0 Å². The fourth-order valence-electron chi connectivity index (χ4n) is 2.49. The predicted octanol–water partition coefficient (Wildman–Crippen LogP) is 1.42. The normalized spacial score (nSPS) is 22.6. The minimum atomic E-state index is -0.992. The van der Waals surface area contributed by atoms with Crippen LogP contribution in [0.2, 0.25) is 0 Å². The second-order valence-electron chi connectivity index (χ2n) is 5.37. The molecule has 1 heterocycles. The van der Waals surface area contributed by atoms with Gasteiger partial charge in [0.25, 0.3) is 5.91 Å². The first-order valence-corrected chi connectivity index (χ1v) is 6.39. The van der Waals surface area contributed by atoms with E-state index in [4.69, 9.17) is 0 Å². The van der Waals surface area contributed by atoms with Gasteiger partial charge >= 0.3 is 5.97 Å². The van der Waals surface area contributed by atoms with E-state index in [0.29, 0.717) is 19.4 Å². The van der Waals surface area contributed by atoms with Crippen molar-refractivity contribution in [3.8, 4) is 11.5 Å². The molecular weight excluding hydrogens is 262 g/mol.